The van der Waals surface area contributed by atoms with Gasteiger partial charge in [-0.05, 0) is 31.2 Å². The second kappa shape index (κ2) is 7.01. The van der Waals surface area contributed by atoms with Gasteiger partial charge in [-0.25, -0.2) is 14.1 Å². The Kier molecular flexibility index (Phi) is 4.77. The first-order valence-corrected chi connectivity index (χ1v) is 7.91. The number of pyridine rings is 1. The van der Waals surface area contributed by atoms with Crippen LogP contribution in [0.2, 0.25) is 5.02 Å². The maximum absolute atomic E-state index is 14.3. The van der Waals surface area contributed by atoms with Gasteiger partial charge in [0.15, 0.2) is 5.82 Å². The summed E-state index contributed by atoms with van der Waals surface area (Å²) in [6, 6.07) is 7.48. The predicted octanol–water partition coefficient (Wildman–Crippen LogP) is 3.21. The van der Waals surface area contributed by atoms with Crippen molar-refractivity contribution in [2.24, 2.45) is 0 Å². The Morgan fingerprint density at radius 2 is 2.12 bits per heavy atom. The Bertz CT molecular complexity index is 972. The highest BCUT2D eigenvalue weighted by Gasteiger charge is 2.24. The summed E-state index contributed by atoms with van der Waals surface area (Å²) in [6.45, 7) is 1.60. The van der Waals surface area contributed by atoms with Gasteiger partial charge in [0.2, 0.25) is 0 Å². The minimum atomic E-state index is -0.579. The number of rotatable bonds is 4. The van der Waals surface area contributed by atoms with E-state index in [1.54, 1.807) is 25.1 Å². The monoisotopic (exact) mass is 375 g/mol. The van der Waals surface area contributed by atoms with Crippen molar-refractivity contribution in [3.8, 4) is 11.4 Å². The van der Waals surface area contributed by atoms with Crippen LogP contribution in [0.3, 0.4) is 0 Å². The zero-order chi connectivity index (χ0) is 18.8. The number of ether oxygens (including phenoxy) is 1. The summed E-state index contributed by atoms with van der Waals surface area (Å²) in [5.41, 5.74) is 6.56. The number of hydrogen-bond acceptors (Lipinski definition) is 5. The molecule has 9 heteroatoms. The number of carbonyl (C=O) groups is 1. The predicted molar refractivity (Wildman–Crippen MR) is 96.4 cm³/mol. The number of hydrogen-bond donors (Lipinski definition) is 2. The molecule has 0 unspecified atom stereocenters. The molecule has 0 spiro atoms. The fraction of sp³-hybridized carbons (Fsp3) is 0.118. The van der Waals surface area contributed by atoms with Crippen molar-refractivity contribution in [2.75, 3.05) is 18.2 Å². The lowest BCUT2D eigenvalue weighted by molar-refractivity contribution is 0.102. The molecule has 2 heterocycles. The van der Waals surface area contributed by atoms with Gasteiger partial charge in [0.1, 0.15) is 28.6 Å². The van der Waals surface area contributed by atoms with Crippen LogP contribution in [0.25, 0.3) is 5.69 Å². The smallest absolute Gasteiger partial charge is 0.262 e. The number of methoxy groups -OCH3 is 1. The highest BCUT2D eigenvalue weighted by Crippen LogP contribution is 2.30. The average Bonchev–Trinajstić information content (AvgIpc) is 2.90. The Hall–Kier alpha value is -3.13. The first kappa shape index (κ1) is 17.7. The van der Waals surface area contributed by atoms with Gasteiger partial charge in [0, 0.05) is 6.20 Å². The van der Waals surface area contributed by atoms with E-state index in [0.717, 1.165) is 4.68 Å². The largest absolute Gasteiger partial charge is 0.494 e. The number of nitrogens with one attached hydrogen (secondary N) is 1. The number of nitrogens with two attached hydrogens (primary N) is 1. The molecule has 26 heavy (non-hydrogen) atoms. The van der Waals surface area contributed by atoms with Crippen molar-refractivity contribution in [1.82, 2.24) is 14.8 Å². The molecule has 1 amide bonds. The summed E-state index contributed by atoms with van der Waals surface area (Å²) in [5, 5.41) is 7.25. The number of nitrogens with zero attached hydrogens (tertiary/aromatic N) is 3. The SMILES string of the molecule is COc1cccc(F)c1-n1nc(C)c(C(=O)Nc2ccc(Cl)cn2)c1N. The van der Waals surface area contributed by atoms with Crippen molar-refractivity contribution in [1.29, 1.82) is 0 Å². The molecule has 0 aliphatic rings. The molecular weight excluding hydrogens is 361 g/mol. The first-order valence-electron chi connectivity index (χ1n) is 7.53. The third kappa shape index (κ3) is 3.18. The van der Waals surface area contributed by atoms with Crippen LogP contribution in [0, 0.1) is 12.7 Å². The number of benzene rings is 1. The molecule has 3 N–H and O–H groups in total. The molecule has 2 aromatic heterocycles. The van der Waals surface area contributed by atoms with Crippen molar-refractivity contribution in [2.45, 2.75) is 6.92 Å². The number of anilines is 2. The lowest BCUT2D eigenvalue weighted by atomic mass is 10.2. The number of aryl methyl sites for hydroxylation is 1. The second-order valence-electron chi connectivity index (χ2n) is 5.36. The topological polar surface area (TPSA) is 95.1 Å². The van der Waals surface area contributed by atoms with Crippen LogP contribution in [0.5, 0.6) is 5.75 Å². The quantitative estimate of drug-likeness (QED) is 0.730. The maximum atomic E-state index is 14.3. The van der Waals surface area contributed by atoms with E-state index in [0.29, 0.717) is 16.5 Å². The van der Waals surface area contributed by atoms with Crippen LogP contribution in [-0.2, 0) is 0 Å². The van der Waals surface area contributed by atoms with Crippen LogP contribution < -0.4 is 15.8 Å². The highest BCUT2D eigenvalue weighted by atomic mass is 35.5. The van der Waals surface area contributed by atoms with Gasteiger partial charge in [0.05, 0.1) is 17.8 Å². The van der Waals surface area contributed by atoms with E-state index in [4.69, 9.17) is 22.1 Å². The number of amides is 1. The molecule has 0 radical (unpaired) electrons. The zero-order valence-corrected chi connectivity index (χ0v) is 14.7. The Morgan fingerprint density at radius 3 is 2.77 bits per heavy atom. The summed E-state index contributed by atoms with van der Waals surface area (Å²) < 4.78 is 20.6. The lowest BCUT2D eigenvalue weighted by Crippen LogP contribution is -2.16. The van der Waals surface area contributed by atoms with Crippen molar-refractivity contribution < 1.29 is 13.9 Å². The molecule has 0 fully saturated rings. The number of carbonyl (C=O) groups excluding carboxylic acids is 1. The van der Waals surface area contributed by atoms with Crippen molar-refractivity contribution in [3.05, 3.63) is 58.6 Å². The van der Waals surface area contributed by atoms with Gasteiger partial charge >= 0.3 is 0 Å². The number of para-hydroxylation sites is 1. The molecule has 0 atom stereocenters. The molecule has 3 aromatic rings. The molecule has 0 saturated heterocycles. The summed E-state index contributed by atoms with van der Waals surface area (Å²) in [4.78, 5) is 16.6. The number of halogens is 2. The van der Waals surface area contributed by atoms with Crippen LogP contribution >= 0.6 is 11.6 Å². The van der Waals surface area contributed by atoms with Crippen molar-refractivity contribution in [3.63, 3.8) is 0 Å². The normalized spacial score (nSPS) is 10.6. The van der Waals surface area contributed by atoms with Crippen LogP contribution in [0.1, 0.15) is 16.1 Å². The van der Waals surface area contributed by atoms with E-state index < -0.39 is 11.7 Å². The third-order valence-electron chi connectivity index (χ3n) is 3.67. The molecule has 7 nitrogen and oxygen atoms in total. The van der Waals surface area contributed by atoms with Gasteiger partial charge in [-0.15, -0.1) is 0 Å². The van der Waals surface area contributed by atoms with E-state index in [-0.39, 0.29) is 22.8 Å². The Balaban J connectivity index is 2.01. The van der Waals surface area contributed by atoms with Gasteiger partial charge in [0.25, 0.3) is 5.91 Å². The number of aromatic nitrogens is 3. The fourth-order valence-electron chi connectivity index (χ4n) is 2.49. The summed E-state index contributed by atoms with van der Waals surface area (Å²) in [5.74, 6) is -0.571. The summed E-state index contributed by atoms with van der Waals surface area (Å²) in [6.07, 6.45) is 1.40. The number of nitrogen functional groups attached to an aromatic ring is 1. The minimum absolute atomic E-state index is 0.0163. The average molecular weight is 376 g/mol. The van der Waals surface area contributed by atoms with Crippen LogP contribution in [0.4, 0.5) is 16.0 Å². The van der Waals surface area contributed by atoms with E-state index in [1.165, 1.54) is 25.4 Å². The van der Waals surface area contributed by atoms with Crippen molar-refractivity contribution >= 4 is 29.1 Å². The van der Waals surface area contributed by atoms with Crippen LogP contribution in [-0.4, -0.2) is 27.8 Å². The maximum Gasteiger partial charge on any atom is 0.262 e. The molecule has 3 rings (SSSR count). The van der Waals surface area contributed by atoms with Gasteiger partial charge in [-0.2, -0.15) is 5.10 Å². The standard InChI is InChI=1S/C17H15ClFN5O2/c1-9-14(17(25)22-13-7-6-10(18)8-21-13)16(20)24(23-9)15-11(19)4-3-5-12(15)26-2/h3-8H,20H2,1-2H3,(H,21,22,25). The lowest BCUT2D eigenvalue weighted by Gasteiger charge is -2.11. The van der Waals surface area contributed by atoms with Crippen LogP contribution in [0.15, 0.2) is 36.5 Å². The second-order valence-corrected chi connectivity index (χ2v) is 5.80. The molecule has 0 saturated carbocycles. The van der Waals surface area contributed by atoms with E-state index in [9.17, 15) is 9.18 Å². The van der Waals surface area contributed by atoms with E-state index >= 15 is 0 Å². The Morgan fingerprint density at radius 1 is 1.35 bits per heavy atom. The van der Waals surface area contributed by atoms with Gasteiger partial charge in [-0.1, -0.05) is 17.7 Å². The first-order chi connectivity index (χ1) is 12.4. The molecule has 0 aliphatic carbocycles. The minimum Gasteiger partial charge on any atom is -0.494 e. The molecule has 0 bridgehead atoms. The zero-order valence-electron chi connectivity index (χ0n) is 14.0. The molecule has 134 valence electrons. The van der Waals surface area contributed by atoms with E-state index in [1.807, 2.05) is 0 Å². The molecule has 1 aromatic carbocycles. The fourth-order valence-corrected chi connectivity index (χ4v) is 2.60. The molecular formula is C17H15ClFN5O2. The van der Waals surface area contributed by atoms with Gasteiger partial charge < -0.3 is 15.8 Å². The van der Waals surface area contributed by atoms with Gasteiger partial charge in [-0.3, -0.25) is 4.79 Å². The highest BCUT2D eigenvalue weighted by molar-refractivity contribution is 6.30. The van der Waals surface area contributed by atoms with E-state index in [2.05, 4.69) is 15.4 Å². The summed E-state index contributed by atoms with van der Waals surface area (Å²) in [7, 11) is 1.41. The molecule has 0 aliphatic heterocycles. The third-order valence-corrected chi connectivity index (χ3v) is 3.90. The Labute approximate surface area is 153 Å². The summed E-state index contributed by atoms with van der Waals surface area (Å²) >= 11 is 5.77.